The number of amides is 2. The van der Waals surface area contributed by atoms with E-state index in [2.05, 4.69) is 58.1 Å². The highest BCUT2D eigenvalue weighted by Gasteiger charge is 2.23. The lowest BCUT2D eigenvalue weighted by Gasteiger charge is -2.28. The van der Waals surface area contributed by atoms with E-state index in [-0.39, 0.29) is 5.41 Å². The van der Waals surface area contributed by atoms with Gasteiger partial charge in [0, 0.05) is 12.0 Å². The second kappa shape index (κ2) is 5.42. The molecule has 1 aromatic carbocycles. The van der Waals surface area contributed by atoms with Gasteiger partial charge < -0.3 is 11.1 Å². The van der Waals surface area contributed by atoms with Crippen molar-refractivity contribution in [2.45, 2.75) is 46.0 Å². The van der Waals surface area contributed by atoms with Crippen LogP contribution in [-0.2, 0) is 5.41 Å². The van der Waals surface area contributed by atoms with Crippen LogP contribution in [0.2, 0.25) is 0 Å². The van der Waals surface area contributed by atoms with Crippen molar-refractivity contribution in [1.82, 2.24) is 5.32 Å². The van der Waals surface area contributed by atoms with E-state index in [4.69, 9.17) is 5.73 Å². The molecule has 0 saturated heterocycles. The Morgan fingerprint density at radius 1 is 1.39 bits per heavy atom. The Labute approximate surface area is 110 Å². The maximum Gasteiger partial charge on any atom is 0.312 e. The average Bonchev–Trinajstić information content (AvgIpc) is 2.26. The first kappa shape index (κ1) is 14.6. The van der Waals surface area contributed by atoms with E-state index < -0.39 is 6.03 Å². The Hall–Kier alpha value is -1.51. The Kier molecular flexibility index (Phi) is 4.38. The zero-order valence-corrected chi connectivity index (χ0v) is 12.0. The van der Waals surface area contributed by atoms with E-state index in [0.29, 0.717) is 12.5 Å². The van der Waals surface area contributed by atoms with Crippen molar-refractivity contribution in [3.63, 3.8) is 0 Å². The topological polar surface area (TPSA) is 55.1 Å². The van der Waals surface area contributed by atoms with Crippen LogP contribution in [-0.4, -0.2) is 12.6 Å². The van der Waals surface area contributed by atoms with Gasteiger partial charge in [0.05, 0.1) is 0 Å². The van der Waals surface area contributed by atoms with Crippen molar-refractivity contribution >= 4 is 6.03 Å². The molecular formula is C15H24N2O. The molecule has 0 aliphatic heterocycles. The van der Waals surface area contributed by atoms with Crippen molar-refractivity contribution in [3.05, 3.63) is 34.9 Å². The third-order valence-corrected chi connectivity index (χ3v) is 3.36. The largest absolute Gasteiger partial charge is 0.352 e. The number of hydrogen-bond donors (Lipinski definition) is 2. The monoisotopic (exact) mass is 248 g/mol. The maximum atomic E-state index is 10.8. The van der Waals surface area contributed by atoms with Crippen molar-refractivity contribution < 1.29 is 4.79 Å². The van der Waals surface area contributed by atoms with Crippen LogP contribution in [0.1, 0.15) is 50.3 Å². The first-order valence-electron chi connectivity index (χ1n) is 6.38. The molecule has 0 spiro atoms. The number of benzene rings is 1. The fourth-order valence-electron chi connectivity index (χ4n) is 2.13. The lowest BCUT2D eigenvalue weighted by atomic mass is 9.80. The summed E-state index contributed by atoms with van der Waals surface area (Å²) in [5.74, 6) is 0.504. The molecule has 2 amide bonds. The fourth-order valence-corrected chi connectivity index (χ4v) is 2.13. The second-order valence-electron chi connectivity index (χ2n) is 5.83. The molecule has 0 heterocycles. The highest BCUT2D eigenvalue weighted by atomic mass is 16.2. The Balaban J connectivity index is 3.05. The van der Waals surface area contributed by atoms with Gasteiger partial charge in [-0.2, -0.15) is 0 Å². The minimum absolute atomic E-state index is 0.121. The first-order valence-corrected chi connectivity index (χ1v) is 6.38. The number of aryl methyl sites for hydroxylation is 1. The van der Waals surface area contributed by atoms with E-state index in [0.717, 1.165) is 0 Å². The molecule has 0 aromatic heterocycles. The van der Waals surface area contributed by atoms with Gasteiger partial charge in [0.1, 0.15) is 0 Å². The molecule has 1 rings (SSSR count). The summed E-state index contributed by atoms with van der Waals surface area (Å²) in [7, 11) is 0. The minimum atomic E-state index is -0.472. The van der Waals surface area contributed by atoms with Crippen molar-refractivity contribution in [1.29, 1.82) is 0 Å². The number of carbonyl (C=O) groups excluding carboxylic acids is 1. The molecule has 1 aromatic rings. The number of urea groups is 1. The molecule has 18 heavy (non-hydrogen) atoms. The van der Waals surface area contributed by atoms with Crippen LogP contribution >= 0.6 is 0 Å². The van der Waals surface area contributed by atoms with Crippen LogP contribution in [0, 0.1) is 6.92 Å². The normalized spacial score (nSPS) is 11.7. The smallest absolute Gasteiger partial charge is 0.312 e. The molecule has 0 atom stereocenters. The summed E-state index contributed by atoms with van der Waals surface area (Å²) in [4.78, 5) is 10.8. The standard InChI is InChI=1S/C15H24N2O/c1-10(2)12-7-6-11(3)13(8-12)15(4,5)9-17-14(16)18/h6-8,10H,9H2,1-5H3,(H3,16,17,18). The number of carbonyl (C=O) groups is 1. The first-order chi connectivity index (χ1) is 8.24. The number of rotatable bonds is 4. The SMILES string of the molecule is Cc1ccc(C(C)C)cc1C(C)(C)CNC(N)=O. The van der Waals surface area contributed by atoms with E-state index in [1.54, 1.807) is 0 Å². The summed E-state index contributed by atoms with van der Waals surface area (Å²) in [5, 5.41) is 2.70. The Morgan fingerprint density at radius 3 is 2.50 bits per heavy atom. The molecule has 0 unspecified atom stereocenters. The molecular weight excluding hydrogens is 224 g/mol. The van der Waals surface area contributed by atoms with Crippen LogP contribution in [0.15, 0.2) is 18.2 Å². The van der Waals surface area contributed by atoms with Gasteiger partial charge in [0.15, 0.2) is 0 Å². The highest BCUT2D eigenvalue weighted by molar-refractivity contribution is 5.71. The van der Waals surface area contributed by atoms with E-state index in [9.17, 15) is 4.79 Å². The number of hydrogen-bond acceptors (Lipinski definition) is 1. The van der Waals surface area contributed by atoms with Crippen molar-refractivity contribution in [2.75, 3.05) is 6.54 Å². The zero-order valence-electron chi connectivity index (χ0n) is 12.0. The summed E-state index contributed by atoms with van der Waals surface area (Å²) in [6.07, 6.45) is 0. The fraction of sp³-hybridized carbons (Fsp3) is 0.533. The number of nitrogens with two attached hydrogens (primary N) is 1. The average molecular weight is 248 g/mol. The molecule has 3 nitrogen and oxygen atoms in total. The van der Waals surface area contributed by atoms with Gasteiger partial charge in [-0.1, -0.05) is 45.9 Å². The van der Waals surface area contributed by atoms with E-state index >= 15 is 0 Å². The van der Waals surface area contributed by atoms with E-state index in [1.165, 1.54) is 16.7 Å². The molecule has 0 aliphatic carbocycles. The van der Waals surface area contributed by atoms with Gasteiger partial charge in [-0.05, 0) is 29.5 Å². The van der Waals surface area contributed by atoms with Gasteiger partial charge in [-0.25, -0.2) is 4.79 Å². The van der Waals surface area contributed by atoms with Gasteiger partial charge in [0.2, 0.25) is 0 Å². The third-order valence-electron chi connectivity index (χ3n) is 3.36. The third kappa shape index (κ3) is 3.49. The maximum absolute atomic E-state index is 10.8. The van der Waals surface area contributed by atoms with Crippen LogP contribution < -0.4 is 11.1 Å². The van der Waals surface area contributed by atoms with Gasteiger partial charge >= 0.3 is 6.03 Å². The number of primary amides is 1. The molecule has 0 fully saturated rings. The Bertz CT molecular complexity index is 436. The molecule has 0 bridgehead atoms. The van der Waals surface area contributed by atoms with Crippen molar-refractivity contribution in [3.8, 4) is 0 Å². The second-order valence-corrected chi connectivity index (χ2v) is 5.83. The minimum Gasteiger partial charge on any atom is -0.352 e. The van der Waals surface area contributed by atoms with Crippen LogP contribution in [0.3, 0.4) is 0 Å². The summed E-state index contributed by atoms with van der Waals surface area (Å²) >= 11 is 0. The summed E-state index contributed by atoms with van der Waals surface area (Å²) in [6, 6.07) is 6.08. The zero-order chi connectivity index (χ0) is 13.9. The van der Waals surface area contributed by atoms with Crippen LogP contribution in [0.5, 0.6) is 0 Å². The van der Waals surface area contributed by atoms with Crippen molar-refractivity contribution in [2.24, 2.45) is 5.73 Å². The summed E-state index contributed by atoms with van der Waals surface area (Å²) in [5.41, 5.74) is 8.86. The van der Waals surface area contributed by atoms with Gasteiger partial charge in [-0.3, -0.25) is 0 Å². The van der Waals surface area contributed by atoms with Gasteiger partial charge in [0.25, 0.3) is 0 Å². The predicted molar refractivity (Wildman–Crippen MR) is 75.9 cm³/mol. The molecule has 0 radical (unpaired) electrons. The van der Waals surface area contributed by atoms with Crippen LogP contribution in [0.25, 0.3) is 0 Å². The quantitative estimate of drug-likeness (QED) is 0.845. The summed E-state index contributed by atoms with van der Waals surface area (Å²) in [6.45, 7) is 11.3. The summed E-state index contributed by atoms with van der Waals surface area (Å²) < 4.78 is 0. The Morgan fingerprint density at radius 2 is 2.00 bits per heavy atom. The molecule has 0 aliphatic rings. The molecule has 0 saturated carbocycles. The lowest BCUT2D eigenvalue weighted by Crippen LogP contribution is -2.39. The number of nitrogens with one attached hydrogen (secondary N) is 1. The molecule has 100 valence electrons. The highest BCUT2D eigenvalue weighted by Crippen LogP contribution is 2.28. The lowest BCUT2D eigenvalue weighted by molar-refractivity contribution is 0.246. The van der Waals surface area contributed by atoms with Crippen LogP contribution in [0.4, 0.5) is 4.79 Å². The molecule has 3 heteroatoms. The molecule has 3 N–H and O–H groups in total. The van der Waals surface area contributed by atoms with Gasteiger partial charge in [-0.15, -0.1) is 0 Å². The van der Waals surface area contributed by atoms with E-state index in [1.807, 2.05) is 0 Å². The predicted octanol–water partition coefficient (Wildman–Crippen LogP) is 3.06.